The van der Waals surface area contributed by atoms with Crippen LogP contribution in [-0.2, 0) is 0 Å². The first-order chi connectivity index (χ1) is 9.06. The van der Waals surface area contributed by atoms with Crippen molar-refractivity contribution in [2.24, 2.45) is 0 Å². The molecule has 0 bridgehead atoms. The molecule has 0 saturated heterocycles. The molecule has 0 saturated carbocycles. The van der Waals surface area contributed by atoms with E-state index in [9.17, 15) is 0 Å². The second-order valence-corrected chi connectivity index (χ2v) is 5.45. The lowest BCUT2D eigenvalue weighted by Gasteiger charge is -2.07. The third-order valence-corrected chi connectivity index (χ3v) is 3.93. The molecular weight excluding hydrogens is 304 g/mol. The number of halogens is 1. The Labute approximate surface area is 119 Å². The van der Waals surface area contributed by atoms with Crippen LogP contribution in [0.5, 0.6) is 0 Å². The Kier molecular flexibility index (Phi) is 2.78. The molecule has 0 aliphatic heterocycles. The van der Waals surface area contributed by atoms with Gasteiger partial charge in [0.15, 0.2) is 5.65 Å². The molecule has 2 N–H and O–H groups in total. The highest BCUT2D eigenvalue weighted by molar-refractivity contribution is 9.10. The standard InChI is InChI=1S/C14H13BrN4/c1-8-5-12-13(17-7-8)19(14(16)18-12)10-4-3-9(2)11(15)6-10/h3-7H,1-2H3,(H2,16,18). The van der Waals surface area contributed by atoms with E-state index in [0.717, 1.165) is 26.9 Å². The maximum absolute atomic E-state index is 6.02. The maximum atomic E-state index is 6.02. The summed E-state index contributed by atoms with van der Waals surface area (Å²) < 4.78 is 2.90. The van der Waals surface area contributed by atoms with Crippen molar-refractivity contribution >= 4 is 33.0 Å². The minimum absolute atomic E-state index is 0.448. The van der Waals surface area contributed by atoms with Gasteiger partial charge in [-0.1, -0.05) is 22.0 Å². The molecule has 4 nitrogen and oxygen atoms in total. The van der Waals surface area contributed by atoms with E-state index in [4.69, 9.17) is 5.73 Å². The number of nitrogens with zero attached hydrogens (tertiary/aromatic N) is 3. The van der Waals surface area contributed by atoms with Crippen molar-refractivity contribution in [3.05, 3.63) is 46.1 Å². The van der Waals surface area contributed by atoms with E-state index in [-0.39, 0.29) is 0 Å². The minimum atomic E-state index is 0.448. The molecule has 0 amide bonds. The zero-order valence-electron chi connectivity index (χ0n) is 10.7. The lowest BCUT2D eigenvalue weighted by molar-refractivity contribution is 1.08. The monoisotopic (exact) mass is 316 g/mol. The van der Waals surface area contributed by atoms with Gasteiger partial charge in [-0.25, -0.2) is 9.97 Å². The molecule has 3 aromatic rings. The van der Waals surface area contributed by atoms with Gasteiger partial charge in [0.25, 0.3) is 0 Å². The minimum Gasteiger partial charge on any atom is -0.369 e. The molecule has 0 radical (unpaired) electrons. The topological polar surface area (TPSA) is 56.7 Å². The molecule has 0 spiro atoms. The predicted molar refractivity (Wildman–Crippen MR) is 80.5 cm³/mol. The number of benzene rings is 1. The molecule has 0 aliphatic rings. The molecule has 1 aromatic carbocycles. The van der Waals surface area contributed by atoms with Gasteiger partial charge in [-0.2, -0.15) is 0 Å². The molecule has 0 atom stereocenters. The van der Waals surface area contributed by atoms with Crippen molar-refractivity contribution in [3.63, 3.8) is 0 Å². The van der Waals surface area contributed by atoms with Crippen LogP contribution in [0.25, 0.3) is 16.9 Å². The SMILES string of the molecule is Cc1cnc2c(c1)nc(N)n2-c1ccc(C)c(Br)c1. The van der Waals surface area contributed by atoms with Crippen molar-refractivity contribution in [2.75, 3.05) is 5.73 Å². The van der Waals surface area contributed by atoms with Crippen LogP contribution >= 0.6 is 15.9 Å². The number of nitrogen functional groups attached to an aromatic ring is 1. The van der Waals surface area contributed by atoms with Gasteiger partial charge in [-0.15, -0.1) is 0 Å². The first-order valence-corrected chi connectivity index (χ1v) is 6.72. The number of rotatable bonds is 1. The van der Waals surface area contributed by atoms with Crippen molar-refractivity contribution < 1.29 is 0 Å². The van der Waals surface area contributed by atoms with Crippen LogP contribution in [0.4, 0.5) is 5.95 Å². The van der Waals surface area contributed by atoms with E-state index in [2.05, 4.69) is 25.9 Å². The second-order valence-electron chi connectivity index (χ2n) is 4.59. The van der Waals surface area contributed by atoms with Crippen LogP contribution in [-0.4, -0.2) is 14.5 Å². The number of fused-ring (bicyclic) bond motifs is 1. The number of hydrogen-bond acceptors (Lipinski definition) is 3. The van der Waals surface area contributed by atoms with Crippen molar-refractivity contribution in [2.45, 2.75) is 13.8 Å². The number of nitrogens with two attached hydrogens (primary N) is 1. The lowest BCUT2D eigenvalue weighted by atomic mass is 10.2. The fraction of sp³-hybridized carbons (Fsp3) is 0.143. The number of anilines is 1. The third-order valence-electron chi connectivity index (χ3n) is 3.07. The molecule has 3 rings (SSSR count). The molecule has 0 unspecified atom stereocenters. The van der Waals surface area contributed by atoms with Gasteiger partial charge in [0.1, 0.15) is 5.52 Å². The maximum Gasteiger partial charge on any atom is 0.207 e. The predicted octanol–water partition coefficient (Wildman–Crippen LogP) is 3.38. The lowest BCUT2D eigenvalue weighted by Crippen LogP contribution is -2.01. The van der Waals surface area contributed by atoms with Gasteiger partial charge in [0.05, 0.1) is 5.69 Å². The average Bonchev–Trinajstić information content (AvgIpc) is 2.68. The van der Waals surface area contributed by atoms with Gasteiger partial charge in [0, 0.05) is 10.7 Å². The third kappa shape index (κ3) is 2.00. The van der Waals surface area contributed by atoms with Crippen LogP contribution in [0.2, 0.25) is 0 Å². The van der Waals surface area contributed by atoms with E-state index in [1.165, 1.54) is 5.56 Å². The van der Waals surface area contributed by atoms with Crippen LogP contribution in [0.15, 0.2) is 34.9 Å². The van der Waals surface area contributed by atoms with Crippen LogP contribution < -0.4 is 5.73 Å². The summed E-state index contributed by atoms with van der Waals surface area (Å²) >= 11 is 3.54. The summed E-state index contributed by atoms with van der Waals surface area (Å²) in [5.74, 6) is 0.448. The number of imidazole rings is 1. The van der Waals surface area contributed by atoms with E-state index in [0.29, 0.717) is 5.95 Å². The Morgan fingerprint density at radius 2 is 2.00 bits per heavy atom. The Morgan fingerprint density at radius 1 is 1.21 bits per heavy atom. The van der Waals surface area contributed by atoms with Crippen LogP contribution in [0.1, 0.15) is 11.1 Å². The fourth-order valence-electron chi connectivity index (χ4n) is 2.06. The zero-order valence-corrected chi connectivity index (χ0v) is 12.3. The van der Waals surface area contributed by atoms with Crippen molar-refractivity contribution in [1.29, 1.82) is 0 Å². The second kappa shape index (κ2) is 4.35. The normalized spacial score (nSPS) is 11.1. The fourth-order valence-corrected chi connectivity index (χ4v) is 2.43. The number of pyridine rings is 1. The molecule has 0 fully saturated rings. The van der Waals surface area contributed by atoms with Gasteiger partial charge in [-0.3, -0.25) is 4.57 Å². The molecule has 2 heterocycles. The largest absolute Gasteiger partial charge is 0.369 e. The van der Waals surface area contributed by atoms with E-state index in [1.807, 2.05) is 48.9 Å². The summed E-state index contributed by atoms with van der Waals surface area (Å²) in [7, 11) is 0. The summed E-state index contributed by atoms with van der Waals surface area (Å²) in [4.78, 5) is 8.80. The van der Waals surface area contributed by atoms with Gasteiger partial charge >= 0.3 is 0 Å². The van der Waals surface area contributed by atoms with Gasteiger partial charge in [-0.05, 0) is 43.2 Å². The first-order valence-electron chi connectivity index (χ1n) is 5.93. The Bertz CT molecular complexity index is 776. The highest BCUT2D eigenvalue weighted by Gasteiger charge is 2.12. The van der Waals surface area contributed by atoms with Gasteiger partial charge in [0.2, 0.25) is 5.95 Å². The summed E-state index contributed by atoms with van der Waals surface area (Å²) in [6, 6.07) is 8.06. The molecule has 5 heteroatoms. The Morgan fingerprint density at radius 3 is 2.74 bits per heavy atom. The number of aromatic nitrogens is 3. The van der Waals surface area contributed by atoms with Crippen LogP contribution in [0, 0.1) is 13.8 Å². The quantitative estimate of drug-likeness (QED) is 0.748. The molecular formula is C14H13BrN4. The molecule has 0 aliphatic carbocycles. The van der Waals surface area contributed by atoms with E-state index >= 15 is 0 Å². The van der Waals surface area contributed by atoms with Crippen LogP contribution in [0.3, 0.4) is 0 Å². The summed E-state index contributed by atoms with van der Waals surface area (Å²) in [6.45, 7) is 4.04. The number of hydrogen-bond donors (Lipinski definition) is 1. The zero-order chi connectivity index (χ0) is 13.6. The van der Waals surface area contributed by atoms with E-state index in [1.54, 1.807) is 0 Å². The van der Waals surface area contributed by atoms with Gasteiger partial charge < -0.3 is 5.73 Å². The average molecular weight is 317 g/mol. The van der Waals surface area contributed by atoms with E-state index < -0.39 is 0 Å². The number of aryl methyl sites for hydroxylation is 2. The highest BCUT2D eigenvalue weighted by atomic mass is 79.9. The summed E-state index contributed by atoms with van der Waals surface area (Å²) in [6.07, 6.45) is 1.82. The molecule has 19 heavy (non-hydrogen) atoms. The van der Waals surface area contributed by atoms with Crippen molar-refractivity contribution in [1.82, 2.24) is 14.5 Å². The molecule has 96 valence electrons. The Balaban J connectivity index is 2.29. The Hall–Kier alpha value is -1.88. The smallest absolute Gasteiger partial charge is 0.207 e. The highest BCUT2D eigenvalue weighted by Crippen LogP contribution is 2.25. The van der Waals surface area contributed by atoms with Crippen molar-refractivity contribution in [3.8, 4) is 5.69 Å². The summed E-state index contributed by atoms with van der Waals surface area (Å²) in [5, 5.41) is 0. The molecule has 2 aromatic heterocycles. The first kappa shape index (κ1) is 12.2. The summed E-state index contributed by atoms with van der Waals surface area (Å²) in [5.41, 5.74) is 10.8.